The van der Waals surface area contributed by atoms with Crippen LogP contribution in [-0.2, 0) is 6.42 Å². The van der Waals surface area contributed by atoms with Crippen molar-refractivity contribution in [3.63, 3.8) is 0 Å². The minimum absolute atomic E-state index is 0.389. The zero-order valence-corrected chi connectivity index (χ0v) is 13.4. The summed E-state index contributed by atoms with van der Waals surface area (Å²) in [7, 11) is 0. The van der Waals surface area contributed by atoms with Crippen LogP contribution in [-0.4, -0.2) is 17.8 Å². The highest BCUT2D eigenvalue weighted by Gasteiger charge is 2.06. The van der Waals surface area contributed by atoms with Crippen molar-refractivity contribution in [2.75, 3.05) is 11.9 Å². The number of aliphatic hydroxyl groups excluding tert-OH is 1. The van der Waals surface area contributed by atoms with E-state index in [9.17, 15) is 5.11 Å². The molecule has 0 unspecified atom stereocenters. The molecular formula is C17H20BrNO. The Labute approximate surface area is 129 Å². The summed E-state index contributed by atoms with van der Waals surface area (Å²) in [5.74, 6) is 0. The Morgan fingerprint density at radius 1 is 1.05 bits per heavy atom. The first-order valence-corrected chi connectivity index (χ1v) is 7.57. The van der Waals surface area contributed by atoms with Crippen LogP contribution in [0.3, 0.4) is 0 Å². The molecular weight excluding hydrogens is 314 g/mol. The number of anilines is 1. The Morgan fingerprint density at radius 3 is 2.25 bits per heavy atom. The molecule has 2 nitrogen and oxygen atoms in total. The van der Waals surface area contributed by atoms with Gasteiger partial charge in [0, 0.05) is 23.1 Å². The van der Waals surface area contributed by atoms with Gasteiger partial charge in [-0.1, -0.05) is 45.3 Å². The molecule has 2 aromatic rings. The first-order chi connectivity index (χ1) is 9.52. The van der Waals surface area contributed by atoms with Gasteiger partial charge in [-0.3, -0.25) is 0 Å². The smallest absolute Gasteiger partial charge is 0.0752 e. The monoisotopic (exact) mass is 333 g/mol. The Morgan fingerprint density at radius 2 is 1.65 bits per heavy atom. The van der Waals surface area contributed by atoms with Crippen LogP contribution in [0.1, 0.15) is 16.7 Å². The molecule has 0 saturated heterocycles. The van der Waals surface area contributed by atoms with Crippen LogP contribution in [0.5, 0.6) is 0 Å². The van der Waals surface area contributed by atoms with Crippen molar-refractivity contribution in [1.29, 1.82) is 0 Å². The van der Waals surface area contributed by atoms with Crippen molar-refractivity contribution < 1.29 is 5.11 Å². The highest BCUT2D eigenvalue weighted by molar-refractivity contribution is 9.10. The SMILES string of the molecule is Cc1cc(C)cc(C[C@H](O)CNc2ccc(Br)cc2)c1. The van der Waals surface area contributed by atoms with Crippen molar-refractivity contribution in [2.24, 2.45) is 0 Å². The number of hydrogen-bond acceptors (Lipinski definition) is 2. The molecule has 0 radical (unpaired) electrons. The van der Waals surface area contributed by atoms with E-state index in [1.807, 2.05) is 24.3 Å². The number of halogens is 1. The maximum absolute atomic E-state index is 10.1. The second-order valence-corrected chi connectivity index (χ2v) is 6.16. The number of hydrogen-bond donors (Lipinski definition) is 2. The molecule has 0 amide bonds. The Kier molecular flexibility index (Phi) is 5.21. The van der Waals surface area contributed by atoms with Gasteiger partial charge < -0.3 is 10.4 Å². The third kappa shape index (κ3) is 4.66. The lowest BCUT2D eigenvalue weighted by atomic mass is 10.0. The fraction of sp³-hybridized carbons (Fsp3) is 0.294. The summed E-state index contributed by atoms with van der Waals surface area (Å²) in [5, 5.41) is 13.4. The zero-order valence-electron chi connectivity index (χ0n) is 11.9. The Hall–Kier alpha value is -1.32. The molecule has 0 aromatic heterocycles. The van der Waals surface area contributed by atoms with Gasteiger partial charge in [0.05, 0.1) is 6.10 Å². The standard InChI is InChI=1S/C17H20BrNO/c1-12-7-13(2)9-14(8-12)10-17(20)11-19-16-5-3-15(18)4-6-16/h3-9,17,19-20H,10-11H2,1-2H3/t17-/m0/s1. The number of aliphatic hydroxyl groups is 1. The first kappa shape index (κ1) is 15.1. The highest BCUT2D eigenvalue weighted by Crippen LogP contribution is 2.15. The van der Waals surface area contributed by atoms with Crippen LogP contribution in [0, 0.1) is 13.8 Å². The molecule has 3 heteroatoms. The molecule has 0 aliphatic rings. The van der Waals surface area contributed by atoms with E-state index in [1.54, 1.807) is 0 Å². The Balaban J connectivity index is 1.88. The predicted octanol–water partition coefficient (Wildman–Crippen LogP) is 4.08. The van der Waals surface area contributed by atoms with Crippen LogP contribution in [0.15, 0.2) is 46.9 Å². The number of rotatable bonds is 5. The van der Waals surface area contributed by atoms with E-state index >= 15 is 0 Å². The number of benzene rings is 2. The first-order valence-electron chi connectivity index (χ1n) is 6.77. The van der Waals surface area contributed by atoms with E-state index < -0.39 is 0 Å². The fourth-order valence-electron chi connectivity index (χ4n) is 2.33. The molecule has 2 N–H and O–H groups in total. The summed E-state index contributed by atoms with van der Waals surface area (Å²) in [6, 6.07) is 14.4. The van der Waals surface area contributed by atoms with E-state index in [4.69, 9.17) is 0 Å². The lowest BCUT2D eigenvalue weighted by molar-refractivity contribution is 0.188. The van der Waals surface area contributed by atoms with E-state index in [0.29, 0.717) is 13.0 Å². The summed E-state index contributed by atoms with van der Waals surface area (Å²) in [5.41, 5.74) is 4.70. The molecule has 1 atom stereocenters. The molecule has 106 valence electrons. The van der Waals surface area contributed by atoms with Gasteiger partial charge in [-0.25, -0.2) is 0 Å². The molecule has 0 aliphatic carbocycles. The topological polar surface area (TPSA) is 32.3 Å². The van der Waals surface area contributed by atoms with Gasteiger partial charge in [0.2, 0.25) is 0 Å². The molecule has 0 saturated carbocycles. The summed E-state index contributed by atoms with van der Waals surface area (Å²) in [6.07, 6.45) is 0.284. The van der Waals surface area contributed by atoms with Gasteiger partial charge in [-0.05, 0) is 43.7 Å². The molecule has 2 aromatic carbocycles. The van der Waals surface area contributed by atoms with E-state index in [0.717, 1.165) is 10.2 Å². The maximum atomic E-state index is 10.1. The summed E-state index contributed by atoms with van der Waals surface area (Å²) < 4.78 is 1.05. The van der Waals surface area contributed by atoms with Crippen LogP contribution in [0.4, 0.5) is 5.69 Å². The molecule has 0 spiro atoms. The fourth-order valence-corrected chi connectivity index (χ4v) is 2.60. The summed E-state index contributed by atoms with van der Waals surface area (Å²) in [6.45, 7) is 4.72. The van der Waals surface area contributed by atoms with Crippen LogP contribution in [0.25, 0.3) is 0 Å². The lowest BCUT2D eigenvalue weighted by Gasteiger charge is -2.14. The predicted molar refractivity (Wildman–Crippen MR) is 88.3 cm³/mol. The lowest BCUT2D eigenvalue weighted by Crippen LogP contribution is -2.21. The quantitative estimate of drug-likeness (QED) is 0.863. The molecule has 20 heavy (non-hydrogen) atoms. The van der Waals surface area contributed by atoms with Crippen molar-refractivity contribution in [2.45, 2.75) is 26.4 Å². The van der Waals surface area contributed by atoms with Crippen LogP contribution >= 0.6 is 15.9 Å². The van der Waals surface area contributed by atoms with Gasteiger partial charge in [0.15, 0.2) is 0 Å². The van der Waals surface area contributed by atoms with Gasteiger partial charge >= 0.3 is 0 Å². The van der Waals surface area contributed by atoms with Crippen LogP contribution < -0.4 is 5.32 Å². The molecule has 2 rings (SSSR count). The second-order valence-electron chi connectivity index (χ2n) is 5.24. The third-order valence-electron chi connectivity index (χ3n) is 3.14. The summed E-state index contributed by atoms with van der Waals surface area (Å²) >= 11 is 3.41. The average Bonchev–Trinajstić information content (AvgIpc) is 2.37. The van der Waals surface area contributed by atoms with Crippen molar-refractivity contribution >= 4 is 21.6 Å². The molecule has 0 bridgehead atoms. The van der Waals surface area contributed by atoms with Gasteiger partial charge in [-0.2, -0.15) is 0 Å². The van der Waals surface area contributed by atoms with Crippen molar-refractivity contribution in [3.8, 4) is 0 Å². The maximum Gasteiger partial charge on any atom is 0.0752 e. The minimum Gasteiger partial charge on any atom is -0.391 e. The number of nitrogens with one attached hydrogen (secondary N) is 1. The Bertz CT molecular complexity index is 545. The van der Waals surface area contributed by atoms with E-state index in [1.165, 1.54) is 16.7 Å². The minimum atomic E-state index is -0.389. The molecule has 0 fully saturated rings. The van der Waals surface area contributed by atoms with Crippen LogP contribution in [0.2, 0.25) is 0 Å². The largest absolute Gasteiger partial charge is 0.391 e. The molecule has 0 aliphatic heterocycles. The van der Waals surface area contributed by atoms with Gasteiger partial charge in [0.1, 0.15) is 0 Å². The van der Waals surface area contributed by atoms with Gasteiger partial charge in [0.25, 0.3) is 0 Å². The number of aryl methyl sites for hydroxylation is 2. The van der Waals surface area contributed by atoms with E-state index in [-0.39, 0.29) is 6.10 Å². The summed E-state index contributed by atoms with van der Waals surface area (Å²) in [4.78, 5) is 0. The average molecular weight is 334 g/mol. The third-order valence-corrected chi connectivity index (χ3v) is 3.67. The molecule has 0 heterocycles. The normalized spacial score (nSPS) is 12.2. The highest BCUT2D eigenvalue weighted by atomic mass is 79.9. The zero-order chi connectivity index (χ0) is 14.5. The van der Waals surface area contributed by atoms with Gasteiger partial charge in [-0.15, -0.1) is 0 Å². The van der Waals surface area contributed by atoms with Crippen molar-refractivity contribution in [1.82, 2.24) is 0 Å². The van der Waals surface area contributed by atoms with E-state index in [2.05, 4.69) is 53.3 Å². The van der Waals surface area contributed by atoms with Crippen molar-refractivity contribution in [3.05, 3.63) is 63.6 Å². The second kappa shape index (κ2) is 6.91.